The molecule has 2 nitrogen and oxygen atoms in total. The van der Waals surface area contributed by atoms with E-state index >= 15 is 0 Å². The Labute approximate surface area is 112 Å². The average Bonchev–Trinajstić information content (AvgIpc) is 2.36. The Bertz CT molecular complexity index is 266. The van der Waals surface area contributed by atoms with E-state index in [1.54, 1.807) is 6.08 Å². The first-order valence-corrected chi connectivity index (χ1v) is 7.15. The molecule has 0 saturated heterocycles. The third kappa shape index (κ3) is 9.03. The molecule has 2 unspecified atom stereocenters. The SMILES string of the molecule is CCCC(/C=C/C(=O)OCC)C/C=C/C(C)CC. The van der Waals surface area contributed by atoms with E-state index in [1.807, 2.05) is 13.0 Å². The van der Waals surface area contributed by atoms with Gasteiger partial charge in [-0.1, -0.05) is 51.8 Å². The lowest BCUT2D eigenvalue weighted by molar-refractivity contribution is -0.137. The van der Waals surface area contributed by atoms with Gasteiger partial charge in [-0.3, -0.25) is 0 Å². The molecule has 0 bridgehead atoms. The molecule has 0 heterocycles. The van der Waals surface area contributed by atoms with E-state index in [4.69, 9.17) is 4.74 Å². The maximum Gasteiger partial charge on any atom is 0.330 e. The van der Waals surface area contributed by atoms with Crippen molar-refractivity contribution in [2.45, 2.75) is 53.4 Å². The van der Waals surface area contributed by atoms with Crippen LogP contribution in [0.1, 0.15) is 53.4 Å². The van der Waals surface area contributed by atoms with Crippen LogP contribution >= 0.6 is 0 Å². The second-order valence-corrected chi connectivity index (χ2v) is 4.71. The van der Waals surface area contributed by atoms with Crippen LogP contribution < -0.4 is 0 Å². The largest absolute Gasteiger partial charge is 0.463 e. The molecule has 0 radical (unpaired) electrons. The predicted octanol–water partition coefficient (Wildman–Crippen LogP) is 4.51. The van der Waals surface area contributed by atoms with E-state index in [0.717, 1.165) is 19.3 Å². The smallest absolute Gasteiger partial charge is 0.330 e. The minimum Gasteiger partial charge on any atom is -0.463 e. The summed E-state index contributed by atoms with van der Waals surface area (Å²) >= 11 is 0. The maximum atomic E-state index is 11.3. The van der Waals surface area contributed by atoms with Crippen molar-refractivity contribution in [3.8, 4) is 0 Å². The summed E-state index contributed by atoms with van der Waals surface area (Å²) in [5, 5.41) is 0. The second-order valence-electron chi connectivity index (χ2n) is 4.71. The molecule has 18 heavy (non-hydrogen) atoms. The van der Waals surface area contributed by atoms with Gasteiger partial charge < -0.3 is 4.74 Å². The zero-order valence-corrected chi connectivity index (χ0v) is 12.3. The number of carbonyl (C=O) groups excluding carboxylic acids is 1. The van der Waals surface area contributed by atoms with E-state index in [9.17, 15) is 4.79 Å². The minimum atomic E-state index is -0.232. The Kier molecular flexibility index (Phi) is 10.4. The summed E-state index contributed by atoms with van der Waals surface area (Å²) in [5.74, 6) is 0.852. The number of allylic oxidation sites excluding steroid dienone is 3. The first-order chi connectivity index (χ1) is 8.63. The van der Waals surface area contributed by atoms with E-state index in [0.29, 0.717) is 18.4 Å². The fraction of sp³-hybridized carbons (Fsp3) is 0.688. The van der Waals surface area contributed by atoms with E-state index in [2.05, 4.69) is 32.9 Å². The number of hydrogen-bond acceptors (Lipinski definition) is 2. The minimum absolute atomic E-state index is 0.232. The fourth-order valence-electron chi connectivity index (χ4n) is 1.69. The zero-order chi connectivity index (χ0) is 13.8. The van der Waals surface area contributed by atoms with Crippen molar-refractivity contribution in [2.75, 3.05) is 6.61 Å². The van der Waals surface area contributed by atoms with Crippen LogP contribution in [0.5, 0.6) is 0 Å². The molecule has 0 aromatic rings. The maximum absolute atomic E-state index is 11.3. The topological polar surface area (TPSA) is 26.3 Å². The molecule has 0 spiro atoms. The summed E-state index contributed by atoms with van der Waals surface area (Å²) in [6.07, 6.45) is 12.5. The summed E-state index contributed by atoms with van der Waals surface area (Å²) < 4.78 is 4.89. The highest BCUT2D eigenvalue weighted by Crippen LogP contribution is 2.15. The van der Waals surface area contributed by atoms with Crippen molar-refractivity contribution in [1.82, 2.24) is 0 Å². The Balaban J connectivity index is 4.21. The first kappa shape index (κ1) is 16.9. The van der Waals surface area contributed by atoms with Crippen molar-refractivity contribution in [1.29, 1.82) is 0 Å². The van der Waals surface area contributed by atoms with Crippen LogP contribution in [-0.4, -0.2) is 12.6 Å². The van der Waals surface area contributed by atoms with Gasteiger partial charge in [0.25, 0.3) is 0 Å². The van der Waals surface area contributed by atoms with Crippen molar-refractivity contribution in [3.05, 3.63) is 24.3 Å². The second kappa shape index (κ2) is 11.1. The number of esters is 1. The number of ether oxygens (including phenoxy) is 1. The Morgan fingerprint density at radius 3 is 2.50 bits per heavy atom. The quantitative estimate of drug-likeness (QED) is 0.343. The van der Waals surface area contributed by atoms with Gasteiger partial charge in [-0.2, -0.15) is 0 Å². The number of rotatable bonds is 9. The standard InChI is InChI=1S/C16H28O2/c1-5-9-15(11-8-10-14(4)6-2)12-13-16(17)18-7-3/h8,10,12-15H,5-7,9,11H2,1-4H3/b10-8+,13-12+. The van der Waals surface area contributed by atoms with Gasteiger partial charge in [0.1, 0.15) is 0 Å². The van der Waals surface area contributed by atoms with E-state index in [-0.39, 0.29) is 5.97 Å². The third-order valence-electron chi connectivity index (χ3n) is 3.00. The molecule has 0 aliphatic rings. The van der Waals surface area contributed by atoms with Crippen LogP contribution in [0.4, 0.5) is 0 Å². The molecule has 0 rings (SSSR count). The van der Waals surface area contributed by atoms with Crippen molar-refractivity contribution in [3.63, 3.8) is 0 Å². The van der Waals surface area contributed by atoms with Crippen LogP contribution in [0.3, 0.4) is 0 Å². The summed E-state index contributed by atoms with van der Waals surface area (Å²) in [7, 11) is 0. The van der Waals surface area contributed by atoms with Gasteiger partial charge in [0.2, 0.25) is 0 Å². The normalized spacial score (nSPS) is 15.1. The van der Waals surface area contributed by atoms with E-state index < -0.39 is 0 Å². The summed E-state index contributed by atoms with van der Waals surface area (Å²) in [5.41, 5.74) is 0. The lowest BCUT2D eigenvalue weighted by Crippen LogP contribution is -2.01. The molecule has 0 aliphatic carbocycles. The molecule has 0 N–H and O–H groups in total. The summed E-state index contributed by atoms with van der Waals surface area (Å²) in [6, 6.07) is 0. The van der Waals surface area contributed by atoms with Gasteiger partial charge in [-0.15, -0.1) is 0 Å². The number of carbonyl (C=O) groups is 1. The van der Waals surface area contributed by atoms with Crippen LogP contribution in [0.2, 0.25) is 0 Å². The Hall–Kier alpha value is -1.05. The lowest BCUT2D eigenvalue weighted by atomic mass is 9.97. The van der Waals surface area contributed by atoms with Crippen LogP contribution in [0, 0.1) is 11.8 Å². The molecule has 0 saturated carbocycles. The fourth-order valence-corrected chi connectivity index (χ4v) is 1.69. The first-order valence-electron chi connectivity index (χ1n) is 7.15. The van der Waals surface area contributed by atoms with Gasteiger partial charge in [0.05, 0.1) is 6.61 Å². The van der Waals surface area contributed by atoms with Gasteiger partial charge in [0, 0.05) is 6.08 Å². The van der Waals surface area contributed by atoms with Crippen LogP contribution in [-0.2, 0) is 9.53 Å². The van der Waals surface area contributed by atoms with Gasteiger partial charge in [-0.25, -0.2) is 4.79 Å². The molecule has 0 aliphatic heterocycles. The molecule has 0 aromatic heterocycles. The van der Waals surface area contributed by atoms with Crippen LogP contribution in [0.25, 0.3) is 0 Å². The Morgan fingerprint density at radius 2 is 1.94 bits per heavy atom. The Morgan fingerprint density at radius 1 is 1.22 bits per heavy atom. The summed E-state index contributed by atoms with van der Waals surface area (Å²) in [6.45, 7) is 8.85. The summed E-state index contributed by atoms with van der Waals surface area (Å²) in [4.78, 5) is 11.3. The lowest BCUT2D eigenvalue weighted by Gasteiger charge is -2.09. The molecule has 0 fully saturated rings. The average molecular weight is 252 g/mol. The van der Waals surface area contributed by atoms with Gasteiger partial charge in [-0.05, 0) is 31.6 Å². The molecular formula is C16H28O2. The molecule has 2 atom stereocenters. The van der Waals surface area contributed by atoms with Crippen molar-refractivity contribution in [2.24, 2.45) is 11.8 Å². The molecule has 104 valence electrons. The van der Waals surface area contributed by atoms with Crippen molar-refractivity contribution < 1.29 is 9.53 Å². The highest BCUT2D eigenvalue weighted by atomic mass is 16.5. The van der Waals surface area contributed by atoms with Crippen LogP contribution in [0.15, 0.2) is 24.3 Å². The monoisotopic (exact) mass is 252 g/mol. The number of hydrogen-bond donors (Lipinski definition) is 0. The molecule has 2 heteroatoms. The van der Waals surface area contributed by atoms with Gasteiger partial charge in [0.15, 0.2) is 0 Å². The highest BCUT2D eigenvalue weighted by molar-refractivity contribution is 5.81. The predicted molar refractivity (Wildman–Crippen MR) is 77.4 cm³/mol. The van der Waals surface area contributed by atoms with Crippen molar-refractivity contribution >= 4 is 5.97 Å². The zero-order valence-electron chi connectivity index (χ0n) is 12.3. The van der Waals surface area contributed by atoms with E-state index in [1.165, 1.54) is 6.42 Å². The molecule has 0 aromatic carbocycles. The highest BCUT2D eigenvalue weighted by Gasteiger charge is 2.03. The van der Waals surface area contributed by atoms with Gasteiger partial charge >= 0.3 is 5.97 Å². The molecular weight excluding hydrogens is 224 g/mol. The molecule has 0 amide bonds. The third-order valence-corrected chi connectivity index (χ3v) is 3.00.